The lowest BCUT2D eigenvalue weighted by atomic mass is 9.86. The summed E-state index contributed by atoms with van der Waals surface area (Å²) in [4.78, 5) is 2.19. The fraction of sp³-hybridized carbons (Fsp3) is 0.238. The van der Waals surface area contributed by atoms with Gasteiger partial charge in [-0.05, 0) is 43.3 Å². The summed E-state index contributed by atoms with van der Waals surface area (Å²) in [5, 5.41) is 0. The van der Waals surface area contributed by atoms with Gasteiger partial charge in [0.25, 0.3) is 0 Å². The Morgan fingerprint density at radius 1 is 0.955 bits per heavy atom. The Labute approximate surface area is 133 Å². The smallest absolute Gasteiger partial charge is 0.0282 e. The highest BCUT2D eigenvalue weighted by Gasteiger charge is 2.18. The molecule has 0 N–H and O–H groups in total. The van der Waals surface area contributed by atoms with Gasteiger partial charge < -0.3 is 4.90 Å². The van der Waals surface area contributed by atoms with Crippen LogP contribution < -0.4 is 0 Å². The van der Waals surface area contributed by atoms with Crippen LogP contribution in [-0.2, 0) is 0 Å². The van der Waals surface area contributed by atoms with Crippen molar-refractivity contribution >= 4 is 12.2 Å². The molecule has 0 bridgehead atoms. The first-order valence-corrected chi connectivity index (χ1v) is 7.84. The lowest BCUT2D eigenvalue weighted by Gasteiger charge is -2.18. The predicted molar refractivity (Wildman–Crippen MR) is 96.1 cm³/mol. The van der Waals surface area contributed by atoms with E-state index in [1.54, 1.807) is 0 Å². The monoisotopic (exact) mass is 289 g/mol. The van der Waals surface area contributed by atoms with Crippen molar-refractivity contribution in [1.82, 2.24) is 4.90 Å². The molecule has 2 aromatic rings. The number of allylic oxidation sites excluding steroid dienone is 1. The highest BCUT2D eigenvalue weighted by atomic mass is 15.0. The zero-order valence-corrected chi connectivity index (χ0v) is 13.6. The molecule has 0 radical (unpaired) electrons. The Morgan fingerprint density at radius 2 is 1.68 bits per heavy atom. The van der Waals surface area contributed by atoms with E-state index in [2.05, 4.69) is 92.7 Å². The first kappa shape index (κ1) is 14.8. The molecule has 22 heavy (non-hydrogen) atoms. The third kappa shape index (κ3) is 3.05. The second-order valence-electron chi connectivity index (χ2n) is 6.26. The van der Waals surface area contributed by atoms with Crippen molar-refractivity contribution in [2.45, 2.75) is 12.8 Å². The molecule has 1 unspecified atom stereocenters. The van der Waals surface area contributed by atoms with Gasteiger partial charge in [-0.15, -0.1) is 0 Å². The Hall–Kier alpha value is -2.12. The second-order valence-corrected chi connectivity index (χ2v) is 6.26. The van der Waals surface area contributed by atoms with E-state index in [4.69, 9.17) is 0 Å². The number of rotatable bonds is 3. The van der Waals surface area contributed by atoms with Crippen LogP contribution in [0.2, 0.25) is 0 Å². The summed E-state index contributed by atoms with van der Waals surface area (Å²) in [6.45, 7) is 3.13. The minimum absolute atomic E-state index is 0.320. The van der Waals surface area contributed by atoms with Gasteiger partial charge in [0.15, 0.2) is 0 Å². The maximum atomic E-state index is 2.35. The molecule has 0 amide bonds. The third-order valence-electron chi connectivity index (χ3n) is 4.15. The molecule has 1 nitrogen and oxygen atoms in total. The second kappa shape index (κ2) is 6.33. The number of aryl methyl sites for hydroxylation is 1. The molecule has 1 heteroatoms. The fourth-order valence-corrected chi connectivity index (χ4v) is 3.02. The van der Waals surface area contributed by atoms with E-state index in [1.807, 2.05) is 0 Å². The highest BCUT2D eigenvalue weighted by molar-refractivity contribution is 5.77. The Kier molecular flexibility index (Phi) is 4.26. The maximum absolute atomic E-state index is 2.35. The fourth-order valence-electron chi connectivity index (χ4n) is 3.02. The molecule has 1 aliphatic rings. The van der Waals surface area contributed by atoms with E-state index in [-0.39, 0.29) is 0 Å². The van der Waals surface area contributed by atoms with Crippen molar-refractivity contribution in [2.24, 2.45) is 0 Å². The Balaban J connectivity index is 2.11. The molecular weight excluding hydrogens is 266 g/mol. The SMILES string of the molecule is Cc1ccc2c(c1)C(C=CCN(C)C)c1ccccc1C=C2. The van der Waals surface area contributed by atoms with Crippen LogP contribution in [0.5, 0.6) is 0 Å². The number of hydrogen-bond donors (Lipinski definition) is 0. The zero-order chi connectivity index (χ0) is 15.5. The van der Waals surface area contributed by atoms with Crippen LogP contribution in [0.4, 0.5) is 0 Å². The van der Waals surface area contributed by atoms with E-state index in [1.165, 1.54) is 27.8 Å². The van der Waals surface area contributed by atoms with E-state index in [0.717, 1.165) is 6.54 Å². The lowest BCUT2D eigenvalue weighted by Crippen LogP contribution is -2.11. The number of fused-ring (bicyclic) bond motifs is 2. The molecule has 2 aromatic carbocycles. The van der Waals surface area contributed by atoms with Gasteiger partial charge in [-0.2, -0.15) is 0 Å². The van der Waals surface area contributed by atoms with E-state index < -0.39 is 0 Å². The minimum Gasteiger partial charge on any atom is -0.306 e. The minimum atomic E-state index is 0.320. The first-order chi connectivity index (χ1) is 10.6. The van der Waals surface area contributed by atoms with E-state index >= 15 is 0 Å². The van der Waals surface area contributed by atoms with Gasteiger partial charge in [-0.25, -0.2) is 0 Å². The molecule has 0 aromatic heterocycles. The Bertz CT molecular complexity index is 722. The van der Waals surface area contributed by atoms with Crippen LogP contribution >= 0.6 is 0 Å². The first-order valence-electron chi connectivity index (χ1n) is 7.84. The quantitative estimate of drug-likeness (QED) is 0.738. The molecule has 1 atom stereocenters. The molecule has 1 aliphatic carbocycles. The summed E-state index contributed by atoms with van der Waals surface area (Å²) in [6, 6.07) is 15.5. The molecule has 0 saturated carbocycles. The van der Waals surface area contributed by atoms with Crippen molar-refractivity contribution in [2.75, 3.05) is 20.6 Å². The van der Waals surface area contributed by atoms with Crippen LogP contribution in [0.25, 0.3) is 12.2 Å². The van der Waals surface area contributed by atoms with Crippen molar-refractivity contribution in [1.29, 1.82) is 0 Å². The number of hydrogen-bond acceptors (Lipinski definition) is 1. The van der Waals surface area contributed by atoms with Crippen LogP contribution in [0, 0.1) is 6.92 Å². The molecule has 0 fully saturated rings. The third-order valence-corrected chi connectivity index (χ3v) is 4.15. The number of nitrogens with zero attached hydrogens (tertiary/aromatic N) is 1. The Morgan fingerprint density at radius 3 is 2.45 bits per heavy atom. The van der Waals surface area contributed by atoms with Crippen LogP contribution in [-0.4, -0.2) is 25.5 Å². The van der Waals surface area contributed by atoms with Gasteiger partial charge >= 0.3 is 0 Å². The van der Waals surface area contributed by atoms with Gasteiger partial charge in [0, 0.05) is 12.5 Å². The summed E-state index contributed by atoms with van der Waals surface area (Å²) >= 11 is 0. The number of likely N-dealkylation sites (N-methyl/N-ethyl adjacent to an activating group) is 1. The lowest BCUT2D eigenvalue weighted by molar-refractivity contribution is 0.456. The van der Waals surface area contributed by atoms with Crippen LogP contribution in [0.1, 0.15) is 33.7 Å². The normalized spacial score (nSPS) is 16.6. The van der Waals surface area contributed by atoms with Gasteiger partial charge in [-0.1, -0.05) is 72.3 Å². The molecule has 0 spiro atoms. The summed E-state index contributed by atoms with van der Waals surface area (Å²) in [5.41, 5.74) is 6.74. The van der Waals surface area contributed by atoms with Crippen molar-refractivity contribution in [3.63, 3.8) is 0 Å². The average Bonchev–Trinajstić information content (AvgIpc) is 2.65. The largest absolute Gasteiger partial charge is 0.306 e. The van der Waals surface area contributed by atoms with Gasteiger partial charge in [-0.3, -0.25) is 0 Å². The molecule has 0 aliphatic heterocycles. The maximum Gasteiger partial charge on any atom is 0.0282 e. The predicted octanol–water partition coefficient (Wildman–Crippen LogP) is 4.73. The van der Waals surface area contributed by atoms with Crippen molar-refractivity contribution in [3.05, 3.63) is 82.4 Å². The summed E-state index contributed by atoms with van der Waals surface area (Å²) in [6.07, 6.45) is 9.11. The molecule has 3 rings (SSSR count). The summed E-state index contributed by atoms with van der Waals surface area (Å²) in [7, 11) is 4.20. The van der Waals surface area contributed by atoms with Gasteiger partial charge in [0.1, 0.15) is 0 Å². The van der Waals surface area contributed by atoms with Gasteiger partial charge in [0.2, 0.25) is 0 Å². The average molecular weight is 289 g/mol. The zero-order valence-electron chi connectivity index (χ0n) is 13.6. The molecule has 0 heterocycles. The van der Waals surface area contributed by atoms with E-state index in [9.17, 15) is 0 Å². The summed E-state index contributed by atoms with van der Waals surface area (Å²) in [5.74, 6) is 0.320. The number of benzene rings is 2. The molecular formula is C21H23N. The van der Waals surface area contributed by atoms with Crippen LogP contribution in [0.3, 0.4) is 0 Å². The molecule has 112 valence electrons. The highest BCUT2D eigenvalue weighted by Crippen LogP contribution is 2.35. The standard InChI is InChI=1S/C21H23N/c1-16-10-11-18-13-12-17-7-4-5-8-19(17)20(21(18)15-16)9-6-14-22(2)3/h4-13,15,20H,14H2,1-3H3. The summed E-state index contributed by atoms with van der Waals surface area (Å²) < 4.78 is 0. The van der Waals surface area contributed by atoms with E-state index in [0.29, 0.717) is 5.92 Å². The van der Waals surface area contributed by atoms with Crippen molar-refractivity contribution in [3.8, 4) is 0 Å². The van der Waals surface area contributed by atoms with Gasteiger partial charge in [0.05, 0.1) is 0 Å². The van der Waals surface area contributed by atoms with Crippen molar-refractivity contribution < 1.29 is 0 Å². The van der Waals surface area contributed by atoms with Crippen LogP contribution in [0.15, 0.2) is 54.6 Å². The molecule has 0 saturated heterocycles. The topological polar surface area (TPSA) is 3.24 Å².